The van der Waals surface area contributed by atoms with E-state index in [1.165, 1.54) is 17.5 Å². The van der Waals surface area contributed by atoms with E-state index in [0.29, 0.717) is 5.92 Å². The van der Waals surface area contributed by atoms with Gasteiger partial charge < -0.3 is 11.1 Å². The lowest BCUT2D eigenvalue weighted by Gasteiger charge is -2.12. The van der Waals surface area contributed by atoms with Crippen LogP contribution in [0.25, 0.3) is 0 Å². The molecule has 3 N–H and O–H groups in total. The second-order valence-corrected chi connectivity index (χ2v) is 4.47. The molecule has 0 saturated carbocycles. The van der Waals surface area contributed by atoms with E-state index in [-0.39, 0.29) is 5.91 Å². The number of nitrogens with two attached hydrogens (primary N) is 1. The number of hydrogen-bond acceptors (Lipinski definition) is 2. The molecule has 1 aliphatic carbocycles. The molecular formula is C13H18N2O. The first-order valence-electron chi connectivity index (χ1n) is 5.79. The molecule has 1 aromatic carbocycles. The highest BCUT2D eigenvalue weighted by Crippen LogP contribution is 2.36. The fourth-order valence-corrected chi connectivity index (χ4v) is 2.43. The van der Waals surface area contributed by atoms with Crippen LogP contribution >= 0.6 is 0 Å². The van der Waals surface area contributed by atoms with Gasteiger partial charge in [0.25, 0.3) is 0 Å². The van der Waals surface area contributed by atoms with Crippen LogP contribution in [0.5, 0.6) is 0 Å². The monoisotopic (exact) mass is 218 g/mol. The normalized spacial score (nSPS) is 18.2. The van der Waals surface area contributed by atoms with Crippen molar-refractivity contribution in [3.05, 3.63) is 29.3 Å². The van der Waals surface area contributed by atoms with Gasteiger partial charge in [-0.2, -0.15) is 0 Å². The number of amides is 1. The number of nitrogens with one attached hydrogen (secondary N) is 1. The third-order valence-corrected chi connectivity index (χ3v) is 3.24. The minimum Gasteiger partial charge on any atom is -0.399 e. The molecule has 1 atom stereocenters. The highest BCUT2D eigenvalue weighted by Gasteiger charge is 2.21. The zero-order valence-electron chi connectivity index (χ0n) is 9.62. The van der Waals surface area contributed by atoms with Crippen molar-refractivity contribution < 1.29 is 4.79 Å². The maximum atomic E-state index is 10.8. The molecule has 86 valence electrons. The van der Waals surface area contributed by atoms with Crippen LogP contribution < -0.4 is 11.1 Å². The van der Waals surface area contributed by atoms with Gasteiger partial charge in [-0.25, -0.2) is 0 Å². The van der Waals surface area contributed by atoms with Gasteiger partial charge in [0.2, 0.25) is 5.91 Å². The zero-order chi connectivity index (χ0) is 11.5. The summed E-state index contributed by atoms with van der Waals surface area (Å²) in [5.74, 6) is 0.608. The number of carbonyl (C=O) groups excluding carboxylic acids is 1. The minimum absolute atomic E-state index is 0.0470. The van der Waals surface area contributed by atoms with Crippen LogP contribution in [0.3, 0.4) is 0 Å². The third-order valence-electron chi connectivity index (χ3n) is 3.24. The molecule has 0 fully saturated rings. The van der Waals surface area contributed by atoms with E-state index in [1.54, 1.807) is 6.92 Å². The van der Waals surface area contributed by atoms with Gasteiger partial charge in [0, 0.05) is 19.2 Å². The number of hydrogen-bond donors (Lipinski definition) is 2. The molecule has 16 heavy (non-hydrogen) atoms. The Morgan fingerprint density at radius 3 is 3.12 bits per heavy atom. The predicted octanol–water partition coefficient (Wildman–Crippen LogP) is 1.82. The van der Waals surface area contributed by atoms with Gasteiger partial charge in [0.1, 0.15) is 0 Å². The van der Waals surface area contributed by atoms with Gasteiger partial charge in [0.05, 0.1) is 0 Å². The van der Waals surface area contributed by atoms with Crippen molar-refractivity contribution in [2.75, 3.05) is 12.3 Å². The van der Waals surface area contributed by atoms with Crippen molar-refractivity contribution in [1.82, 2.24) is 5.32 Å². The quantitative estimate of drug-likeness (QED) is 0.760. The molecule has 0 spiro atoms. The molecular weight excluding hydrogens is 200 g/mol. The van der Waals surface area contributed by atoms with Crippen LogP contribution in [0.4, 0.5) is 5.69 Å². The molecule has 0 saturated heterocycles. The Kier molecular flexibility index (Phi) is 3.13. The molecule has 0 aromatic heterocycles. The van der Waals surface area contributed by atoms with E-state index in [2.05, 4.69) is 17.4 Å². The number of benzene rings is 1. The Morgan fingerprint density at radius 1 is 1.56 bits per heavy atom. The lowest BCUT2D eigenvalue weighted by atomic mass is 9.97. The molecule has 2 rings (SSSR count). The van der Waals surface area contributed by atoms with Gasteiger partial charge in [-0.05, 0) is 48.4 Å². The van der Waals surface area contributed by atoms with Crippen molar-refractivity contribution in [2.45, 2.75) is 32.1 Å². The van der Waals surface area contributed by atoms with Crippen LogP contribution in [-0.4, -0.2) is 12.5 Å². The molecule has 1 unspecified atom stereocenters. The Bertz CT molecular complexity index is 401. The molecule has 1 amide bonds. The molecule has 1 aromatic rings. The van der Waals surface area contributed by atoms with Gasteiger partial charge in [-0.1, -0.05) is 6.07 Å². The minimum atomic E-state index is 0.0470. The van der Waals surface area contributed by atoms with Crippen molar-refractivity contribution in [3.8, 4) is 0 Å². The smallest absolute Gasteiger partial charge is 0.216 e. The number of nitrogen functional groups attached to an aromatic ring is 1. The number of rotatable bonds is 3. The largest absolute Gasteiger partial charge is 0.399 e. The fourth-order valence-electron chi connectivity index (χ4n) is 2.43. The van der Waals surface area contributed by atoms with Crippen molar-refractivity contribution >= 4 is 11.6 Å². The van der Waals surface area contributed by atoms with E-state index >= 15 is 0 Å². The maximum absolute atomic E-state index is 10.8. The first-order valence-corrected chi connectivity index (χ1v) is 5.79. The molecule has 0 bridgehead atoms. The summed E-state index contributed by atoms with van der Waals surface area (Å²) < 4.78 is 0. The van der Waals surface area contributed by atoms with Crippen molar-refractivity contribution in [3.63, 3.8) is 0 Å². The topological polar surface area (TPSA) is 55.1 Å². The first kappa shape index (κ1) is 11.0. The maximum Gasteiger partial charge on any atom is 0.216 e. The number of carbonyl (C=O) groups is 1. The molecule has 0 radical (unpaired) electrons. The molecule has 1 aliphatic rings. The summed E-state index contributed by atoms with van der Waals surface area (Å²) in [7, 11) is 0. The standard InChI is InChI=1S/C13H18N2O/c1-9(16)15-7-6-11-3-2-10-4-5-12(14)8-13(10)11/h4-5,8,11H,2-3,6-7,14H2,1H3,(H,15,16). The summed E-state index contributed by atoms with van der Waals surface area (Å²) in [5, 5.41) is 2.85. The van der Waals surface area contributed by atoms with Crippen LogP contribution in [0, 0.1) is 0 Å². The van der Waals surface area contributed by atoms with Crippen LogP contribution in [0.2, 0.25) is 0 Å². The average molecular weight is 218 g/mol. The van der Waals surface area contributed by atoms with Gasteiger partial charge in [0.15, 0.2) is 0 Å². The van der Waals surface area contributed by atoms with E-state index in [9.17, 15) is 4.79 Å². The van der Waals surface area contributed by atoms with Crippen LogP contribution in [0.1, 0.15) is 36.8 Å². The average Bonchev–Trinajstić information content (AvgIpc) is 2.60. The molecule has 3 heteroatoms. The summed E-state index contributed by atoms with van der Waals surface area (Å²) in [6, 6.07) is 6.18. The number of fused-ring (bicyclic) bond motifs is 1. The summed E-state index contributed by atoms with van der Waals surface area (Å²) in [4.78, 5) is 10.8. The highest BCUT2D eigenvalue weighted by atomic mass is 16.1. The van der Waals surface area contributed by atoms with Crippen LogP contribution in [-0.2, 0) is 11.2 Å². The molecule has 0 heterocycles. The number of aryl methyl sites for hydroxylation is 1. The van der Waals surface area contributed by atoms with E-state index in [1.807, 2.05) is 6.07 Å². The van der Waals surface area contributed by atoms with Gasteiger partial charge >= 0.3 is 0 Å². The van der Waals surface area contributed by atoms with E-state index < -0.39 is 0 Å². The van der Waals surface area contributed by atoms with Gasteiger partial charge in [-0.15, -0.1) is 0 Å². The lowest BCUT2D eigenvalue weighted by Crippen LogP contribution is -2.22. The number of anilines is 1. The summed E-state index contributed by atoms with van der Waals surface area (Å²) >= 11 is 0. The summed E-state index contributed by atoms with van der Waals surface area (Å²) in [5.41, 5.74) is 9.44. The van der Waals surface area contributed by atoms with E-state index in [0.717, 1.165) is 25.1 Å². The first-order chi connectivity index (χ1) is 7.66. The zero-order valence-corrected chi connectivity index (χ0v) is 9.62. The Balaban J connectivity index is 2.00. The third kappa shape index (κ3) is 2.35. The fraction of sp³-hybridized carbons (Fsp3) is 0.462. The van der Waals surface area contributed by atoms with Crippen molar-refractivity contribution in [1.29, 1.82) is 0 Å². The van der Waals surface area contributed by atoms with E-state index in [4.69, 9.17) is 5.73 Å². The Labute approximate surface area is 96.0 Å². The lowest BCUT2D eigenvalue weighted by molar-refractivity contribution is -0.118. The molecule has 0 aliphatic heterocycles. The molecule has 3 nitrogen and oxygen atoms in total. The SMILES string of the molecule is CC(=O)NCCC1CCc2ccc(N)cc21. The van der Waals surface area contributed by atoms with Crippen LogP contribution in [0.15, 0.2) is 18.2 Å². The van der Waals surface area contributed by atoms with Crippen molar-refractivity contribution in [2.24, 2.45) is 0 Å². The summed E-state index contributed by atoms with van der Waals surface area (Å²) in [6.07, 6.45) is 3.33. The summed E-state index contributed by atoms with van der Waals surface area (Å²) in [6.45, 7) is 2.31. The second-order valence-electron chi connectivity index (χ2n) is 4.47. The predicted molar refractivity (Wildman–Crippen MR) is 65.2 cm³/mol. The second kappa shape index (κ2) is 4.56. The highest BCUT2D eigenvalue weighted by molar-refractivity contribution is 5.72. The Morgan fingerprint density at radius 2 is 2.38 bits per heavy atom. The van der Waals surface area contributed by atoms with Gasteiger partial charge in [-0.3, -0.25) is 4.79 Å². The Hall–Kier alpha value is -1.51.